The Labute approximate surface area is 110 Å². The molecule has 0 aromatic carbocycles. The average Bonchev–Trinajstić information content (AvgIpc) is 2.39. The standard InChI is InChI=1S/C14H27NO3/c1-3-4-9-18-11(2)14(17)15-13-7-5-12(10-16)6-8-13/h11-13,16H,3-10H2,1-2H3,(H,15,17). The molecular formula is C14H27NO3. The number of ether oxygens (including phenoxy) is 1. The number of hydrogen-bond donors (Lipinski definition) is 2. The van der Waals surface area contributed by atoms with Crippen LogP contribution in [0.1, 0.15) is 52.4 Å². The van der Waals surface area contributed by atoms with Gasteiger partial charge in [-0.05, 0) is 44.9 Å². The van der Waals surface area contributed by atoms with Crippen molar-refractivity contribution >= 4 is 5.91 Å². The van der Waals surface area contributed by atoms with Crippen LogP contribution in [0.2, 0.25) is 0 Å². The van der Waals surface area contributed by atoms with Gasteiger partial charge in [-0.2, -0.15) is 0 Å². The molecule has 1 unspecified atom stereocenters. The van der Waals surface area contributed by atoms with Crippen LogP contribution in [0.3, 0.4) is 0 Å². The second-order valence-corrected chi connectivity index (χ2v) is 5.28. The number of hydrogen-bond acceptors (Lipinski definition) is 3. The first-order valence-electron chi connectivity index (χ1n) is 7.20. The van der Waals surface area contributed by atoms with E-state index >= 15 is 0 Å². The normalized spacial score (nSPS) is 25.7. The van der Waals surface area contributed by atoms with Gasteiger partial charge in [-0.25, -0.2) is 0 Å². The summed E-state index contributed by atoms with van der Waals surface area (Å²) in [6.07, 6.45) is 5.68. The summed E-state index contributed by atoms with van der Waals surface area (Å²) in [5.41, 5.74) is 0. The van der Waals surface area contributed by atoms with E-state index in [-0.39, 0.29) is 24.7 Å². The van der Waals surface area contributed by atoms with Gasteiger partial charge in [-0.3, -0.25) is 4.79 Å². The molecule has 4 nitrogen and oxygen atoms in total. The van der Waals surface area contributed by atoms with Gasteiger partial charge in [-0.15, -0.1) is 0 Å². The van der Waals surface area contributed by atoms with Crippen LogP contribution in [0.25, 0.3) is 0 Å². The van der Waals surface area contributed by atoms with E-state index < -0.39 is 0 Å². The minimum Gasteiger partial charge on any atom is -0.396 e. The monoisotopic (exact) mass is 257 g/mol. The van der Waals surface area contributed by atoms with E-state index in [0.717, 1.165) is 38.5 Å². The van der Waals surface area contributed by atoms with Crippen LogP contribution in [0.15, 0.2) is 0 Å². The summed E-state index contributed by atoms with van der Waals surface area (Å²) in [5.74, 6) is 0.426. The van der Waals surface area contributed by atoms with Crippen molar-refractivity contribution < 1.29 is 14.6 Å². The van der Waals surface area contributed by atoms with Crippen molar-refractivity contribution in [3.05, 3.63) is 0 Å². The van der Waals surface area contributed by atoms with Gasteiger partial charge in [0, 0.05) is 19.3 Å². The Morgan fingerprint density at radius 2 is 2.06 bits per heavy atom. The number of unbranched alkanes of at least 4 members (excludes halogenated alkanes) is 1. The van der Waals surface area contributed by atoms with Crippen LogP contribution in [0, 0.1) is 5.92 Å². The van der Waals surface area contributed by atoms with E-state index in [1.165, 1.54) is 0 Å². The maximum atomic E-state index is 11.9. The molecule has 0 radical (unpaired) electrons. The van der Waals surface area contributed by atoms with Crippen molar-refractivity contribution in [2.75, 3.05) is 13.2 Å². The molecule has 0 saturated heterocycles. The zero-order chi connectivity index (χ0) is 13.4. The third-order valence-electron chi connectivity index (χ3n) is 3.69. The molecule has 1 amide bonds. The molecule has 1 aliphatic carbocycles. The predicted molar refractivity (Wildman–Crippen MR) is 71.3 cm³/mol. The first-order chi connectivity index (χ1) is 8.67. The fraction of sp³-hybridized carbons (Fsp3) is 0.929. The molecule has 0 aromatic rings. The molecular weight excluding hydrogens is 230 g/mol. The molecule has 1 aliphatic rings. The predicted octanol–water partition coefficient (Wildman–Crippen LogP) is 1.86. The second kappa shape index (κ2) is 8.48. The van der Waals surface area contributed by atoms with E-state index in [1.807, 2.05) is 6.92 Å². The topological polar surface area (TPSA) is 58.6 Å². The van der Waals surface area contributed by atoms with Crippen molar-refractivity contribution in [1.82, 2.24) is 5.32 Å². The molecule has 4 heteroatoms. The van der Waals surface area contributed by atoms with Crippen LogP contribution in [0.5, 0.6) is 0 Å². The van der Waals surface area contributed by atoms with Crippen LogP contribution in [-0.2, 0) is 9.53 Å². The largest absolute Gasteiger partial charge is 0.396 e. The molecule has 0 heterocycles. The van der Waals surface area contributed by atoms with Crippen molar-refractivity contribution in [1.29, 1.82) is 0 Å². The van der Waals surface area contributed by atoms with E-state index in [0.29, 0.717) is 12.5 Å². The zero-order valence-corrected chi connectivity index (χ0v) is 11.7. The molecule has 2 N–H and O–H groups in total. The summed E-state index contributed by atoms with van der Waals surface area (Å²) in [6.45, 7) is 4.84. The van der Waals surface area contributed by atoms with E-state index in [2.05, 4.69) is 12.2 Å². The van der Waals surface area contributed by atoms with Gasteiger partial charge in [0.2, 0.25) is 5.91 Å². The molecule has 0 aromatic heterocycles. The Hall–Kier alpha value is -0.610. The first-order valence-corrected chi connectivity index (χ1v) is 7.20. The fourth-order valence-electron chi connectivity index (χ4n) is 2.29. The fourth-order valence-corrected chi connectivity index (χ4v) is 2.29. The Morgan fingerprint density at radius 1 is 1.39 bits per heavy atom. The lowest BCUT2D eigenvalue weighted by molar-refractivity contribution is -0.132. The lowest BCUT2D eigenvalue weighted by atomic mass is 9.86. The molecule has 0 spiro atoms. The highest BCUT2D eigenvalue weighted by Gasteiger charge is 2.23. The second-order valence-electron chi connectivity index (χ2n) is 5.28. The van der Waals surface area contributed by atoms with E-state index in [9.17, 15) is 4.79 Å². The van der Waals surface area contributed by atoms with Crippen LogP contribution in [0.4, 0.5) is 0 Å². The Kier molecular flexibility index (Phi) is 7.28. The van der Waals surface area contributed by atoms with E-state index in [1.54, 1.807) is 0 Å². The SMILES string of the molecule is CCCCOC(C)C(=O)NC1CCC(CO)CC1. The van der Waals surface area contributed by atoms with Crippen molar-refractivity contribution in [2.24, 2.45) is 5.92 Å². The summed E-state index contributed by atoms with van der Waals surface area (Å²) in [5, 5.41) is 12.1. The first kappa shape index (κ1) is 15.4. The van der Waals surface area contributed by atoms with Gasteiger partial charge >= 0.3 is 0 Å². The van der Waals surface area contributed by atoms with Gasteiger partial charge in [0.05, 0.1) is 0 Å². The molecule has 18 heavy (non-hydrogen) atoms. The third kappa shape index (κ3) is 5.36. The number of rotatable bonds is 7. The quantitative estimate of drug-likeness (QED) is 0.684. The molecule has 1 rings (SSSR count). The lowest BCUT2D eigenvalue weighted by Gasteiger charge is -2.28. The summed E-state index contributed by atoms with van der Waals surface area (Å²) >= 11 is 0. The highest BCUT2D eigenvalue weighted by molar-refractivity contribution is 5.80. The number of carbonyl (C=O) groups is 1. The Morgan fingerprint density at radius 3 is 2.61 bits per heavy atom. The van der Waals surface area contributed by atoms with Gasteiger partial charge < -0.3 is 15.2 Å². The Balaban J connectivity index is 2.19. The summed E-state index contributed by atoms with van der Waals surface area (Å²) in [7, 11) is 0. The number of carbonyl (C=O) groups excluding carboxylic acids is 1. The summed E-state index contributed by atoms with van der Waals surface area (Å²) < 4.78 is 5.48. The molecule has 106 valence electrons. The van der Waals surface area contributed by atoms with Crippen LogP contribution in [-0.4, -0.2) is 36.4 Å². The third-order valence-corrected chi connectivity index (χ3v) is 3.69. The van der Waals surface area contributed by atoms with Gasteiger partial charge in [0.1, 0.15) is 6.10 Å². The molecule has 0 bridgehead atoms. The number of amides is 1. The summed E-state index contributed by atoms with van der Waals surface area (Å²) in [6, 6.07) is 0.262. The number of aliphatic hydroxyl groups is 1. The minimum atomic E-state index is -0.355. The average molecular weight is 257 g/mol. The summed E-state index contributed by atoms with van der Waals surface area (Å²) in [4.78, 5) is 11.9. The van der Waals surface area contributed by atoms with Crippen LogP contribution < -0.4 is 5.32 Å². The Bertz CT molecular complexity index is 237. The van der Waals surface area contributed by atoms with Crippen LogP contribution >= 0.6 is 0 Å². The molecule has 1 fully saturated rings. The number of aliphatic hydroxyl groups excluding tert-OH is 1. The van der Waals surface area contributed by atoms with E-state index in [4.69, 9.17) is 9.84 Å². The maximum Gasteiger partial charge on any atom is 0.249 e. The highest BCUT2D eigenvalue weighted by Crippen LogP contribution is 2.23. The van der Waals surface area contributed by atoms with Crippen molar-refractivity contribution in [2.45, 2.75) is 64.5 Å². The van der Waals surface area contributed by atoms with Crippen molar-refractivity contribution in [3.63, 3.8) is 0 Å². The van der Waals surface area contributed by atoms with Crippen molar-refractivity contribution in [3.8, 4) is 0 Å². The molecule has 0 aliphatic heterocycles. The van der Waals surface area contributed by atoms with Gasteiger partial charge in [0.15, 0.2) is 0 Å². The zero-order valence-electron chi connectivity index (χ0n) is 11.7. The minimum absolute atomic E-state index is 0.00134. The smallest absolute Gasteiger partial charge is 0.249 e. The van der Waals surface area contributed by atoms with Gasteiger partial charge in [0.25, 0.3) is 0 Å². The van der Waals surface area contributed by atoms with Gasteiger partial charge in [-0.1, -0.05) is 13.3 Å². The highest BCUT2D eigenvalue weighted by atomic mass is 16.5. The maximum absolute atomic E-state index is 11.9. The molecule has 1 saturated carbocycles. The number of nitrogens with one attached hydrogen (secondary N) is 1. The lowest BCUT2D eigenvalue weighted by Crippen LogP contribution is -2.43. The molecule has 1 atom stereocenters.